The van der Waals surface area contributed by atoms with Crippen molar-refractivity contribution < 1.29 is 19.2 Å². The molecule has 1 aliphatic rings. The lowest BCUT2D eigenvalue weighted by atomic mass is 9.83. The van der Waals surface area contributed by atoms with Crippen molar-refractivity contribution in [2.45, 2.75) is 90.8 Å². The second-order valence-electron chi connectivity index (χ2n) is 9.33. The first-order chi connectivity index (χ1) is 14.1. The Morgan fingerprint density at radius 3 is 2.17 bits per heavy atom. The minimum Gasteiger partial charge on any atom is -0.345 e. The van der Waals surface area contributed by atoms with E-state index in [9.17, 15) is 19.2 Å². The largest absolute Gasteiger partial charge is 0.345 e. The molecule has 0 aromatic heterocycles. The van der Waals surface area contributed by atoms with Crippen LogP contribution in [-0.4, -0.2) is 54.1 Å². The Bertz CT molecular complexity index is 585. The van der Waals surface area contributed by atoms with Gasteiger partial charge in [-0.2, -0.15) is 11.8 Å². The standard InChI is InChI=1S/C22H39N3O4S/c1-15(27)23-19(22(2,3)4)21(29)25-18(13-16-9-7-6-8-10-16)20(28)24-17(14-26)11-12-30-5/h14,16-19H,6-13H2,1-5H3,(H,23,27)(H,24,28)(H,25,29)/t17-,18-,19?/m0/s1. The molecule has 0 saturated heterocycles. The zero-order chi connectivity index (χ0) is 22.7. The first kappa shape index (κ1) is 26.5. The molecule has 1 unspecified atom stereocenters. The maximum Gasteiger partial charge on any atom is 0.243 e. The Morgan fingerprint density at radius 1 is 1.03 bits per heavy atom. The fraction of sp³-hybridized carbons (Fsp3) is 0.818. The molecule has 8 heteroatoms. The van der Waals surface area contributed by atoms with Crippen molar-refractivity contribution in [2.75, 3.05) is 12.0 Å². The molecule has 0 aliphatic heterocycles. The molecule has 0 aromatic rings. The van der Waals surface area contributed by atoms with Crippen LogP contribution in [0.15, 0.2) is 0 Å². The highest BCUT2D eigenvalue weighted by atomic mass is 32.2. The monoisotopic (exact) mass is 441 g/mol. The van der Waals surface area contributed by atoms with Gasteiger partial charge in [0.1, 0.15) is 18.4 Å². The number of hydrogen-bond acceptors (Lipinski definition) is 5. The maximum atomic E-state index is 13.0. The predicted molar refractivity (Wildman–Crippen MR) is 121 cm³/mol. The van der Waals surface area contributed by atoms with Gasteiger partial charge in [-0.05, 0) is 36.2 Å². The van der Waals surface area contributed by atoms with E-state index in [2.05, 4.69) is 16.0 Å². The third kappa shape index (κ3) is 9.49. The van der Waals surface area contributed by atoms with Crippen LogP contribution >= 0.6 is 11.8 Å². The van der Waals surface area contributed by atoms with Crippen molar-refractivity contribution in [1.82, 2.24) is 16.0 Å². The molecule has 0 bridgehead atoms. The molecule has 3 amide bonds. The van der Waals surface area contributed by atoms with Gasteiger partial charge in [-0.1, -0.05) is 52.9 Å². The molecule has 1 saturated carbocycles. The Balaban J connectivity index is 2.94. The van der Waals surface area contributed by atoms with Gasteiger partial charge in [-0.25, -0.2) is 0 Å². The summed E-state index contributed by atoms with van der Waals surface area (Å²) in [5, 5.41) is 8.37. The molecule has 1 aliphatic carbocycles. The second kappa shape index (κ2) is 13.0. The molecule has 0 radical (unpaired) electrons. The summed E-state index contributed by atoms with van der Waals surface area (Å²) in [4.78, 5) is 49.0. The Labute approximate surface area is 185 Å². The number of rotatable bonds is 11. The smallest absolute Gasteiger partial charge is 0.243 e. The summed E-state index contributed by atoms with van der Waals surface area (Å²) in [6.07, 6.45) is 9.35. The van der Waals surface area contributed by atoms with Crippen LogP contribution in [0.2, 0.25) is 0 Å². The van der Waals surface area contributed by atoms with E-state index in [0.717, 1.165) is 37.7 Å². The summed E-state index contributed by atoms with van der Waals surface area (Å²) in [6.45, 7) is 6.98. The fourth-order valence-corrected chi connectivity index (χ4v) is 4.31. The lowest BCUT2D eigenvalue weighted by Gasteiger charge is -2.33. The molecular weight excluding hydrogens is 402 g/mol. The summed E-state index contributed by atoms with van der Waals surface area (Å²) in [5.41, 5.74) is -0.509. The van der Waals surface area contributed by atoms with Gasteiger partial charge in [-0.15, -0.1) is 0 Å². The number of carbonyl (C=O) groups is 4. The van der Waals surface area contributed by atoms with Crippen molar-refractivity contribution >= 4 is 35.8 Å². The minimum atomic E-state index is -0.755. The molecular formula is C22H39N3O4S. The summed E-state index contributed by atoms with van der Waals surface area (Å²) >= 11 is 1.61. The number of hydrogen-bond donors (Lipinski definition) is 3. The van der Waals surface area contributed by atoms with E-state index in [1.165, 1.54) is 13.3 Å². The fourth-order valence-electron chi connectivity index (χ4n) is 3.82. The van der Waals surface area contributed by atoms with Gasteiger partial charge in [0.2, 0.25) is 17.7 Å². The number of aldehydes is 1. The van der Waals surface area contributed by atoms with E-state index in [1.807, 2.05) is 27.0 Å². The van der Waals surface area contributed by atoms with E-state index < -0.39 is 23.5 Å². The van der Waals surface area contributed by atoms with Crippen molar-refractivity contribution in [3.63, 3.8) is 0 Å². The van der Waals surface area contributed by atoms with Gasteiger partial charge in [0.25, 0.3) is 0 Å². The highest BCUT2D eigenvalue weighted by molar-refractivity contribution is 7.98. The van der Waals surface area contributed by atoms with Gasteiger partial charge in [0.05, 0.1) is 6.04 Å². The minimum absolute atomic E-state index is 0.295. The molecule has 172 valence electrons. The molecule has 0 spiro atoms. The van der Waals surface area contributed by atoms with Gasteiger partial charge in [0.15, 0.2) is 0 Å². The average molecular weight is 442 g/mol. The van der Waals surface area contributed by atoms with Gasteiger partial charge >= 0.3 is 0 Å². The highest BCUT2D eigenvalue weighted by Crippen LogP contribution is 2.28. The highest BCUT2D eigenvalue weighted by Gasteiger charge is 2.35. The molecule has 30 heavy (non-hydrogen) atoms. The number of thioether (sulfide) groups is 1. The third-order valence-electron chi connectivity index (χ3n) is 5.53. The van der Waals surface area contributed by atoms with Gasteiger partial charge < -0.3 is 20.7 Å². The van der Waals surface area contributed by atoms with E-state index in [4.69, 9.17) is 0 Å². The Morgan fingerprint density at radius 2 is 1.67 bits per heavy atom. The summed E-state index contributed by atoms with van der Waals surface area (Å²) in [5.74, 6) is 0.127. The normalized spacial score (nSPS) is 18.0. The SMILES string of the molecule is CSCC[C@@H](C=O)NC(=O)[C@H](CC1CCCCC1)NC(=O)C(NC(C)=O)C(C)(C)C. The zero-order valence-corrected chi connectivity index (χ0v) is 19.9. The Kier molecular flexibility index (Phi) is 11.4. The van der Waals surface area contributed by atoms with Crippen molar-refractivity contribution in [3.05, 3.63) is 0 Å². The maximum absolute atomic E-state index is 13.0. The van der Waals surface area contributed by atoms with Gasteiger partial charge in [0, 0.05) is 6.92 Å². The topological polar surface area (TPSA) is 104 Å². The van der Waals surface area contributed by atoms with Crippen molar-refractivity contribution in [2.24, 2.45) is 11.3 Å². The van der Waals surface area contributed by atoms with Crippen LogP contribution in [0.3, 0.4) is 0 Å². The summed E-state index contributed by atoms with van der Waals surface area (Å²) in [6, 6.07) is -2.05. The molecule has 0 aromatic carbocycles. The molecule has 1 fully saturated rings. The van der Waals surface area contributed by atoms with Crippen molar-refractivity contribution in [3.8, 4) is 0 Å². The predicted octanol–water partition coefficient (Wildman–Crippen LogP) is 2.43. The first-order valence-electron chi connectivity index (χ1n) is 10.9. The zero-order valence-electron chi connectivity index (χ0n) is 19.1. The first-order valence-corrected chi connectivity index (χ1v) is 12.3. The van der Waals surface area contributed by atoms with Crippen LogP contribution in [0.5, 0.6) is 0 Å². The third-order valence-corrected chi connectivity index (χ3v) is 6.17. The van der Waals surface area contributed by atoms with E-state index in [-0.39, 0.29) is 17.7 Å². The van der Waals surface area contributed by atoms with Crippen LogP contribution in [-0.2, 0) is 19.2 Å². The van der Waals surface area contributed by atoms with E-state index in [0.29, 0.717) is 18.8 Å². The second-order valence-corrected chi connectivity index (χ2v) is 10.3. The molecule has 1 rings (SSSR count). The lowest BCUT2D eigenvalue weighted by Crippen LogP contribution is -2.58. The van der Waals surface area contributed by atoms with Crippen LogP contribution in [0.1, 0.15) is 72.6 Å². The molecule has 3 N–H and O–H groups in total. The quantitative estimate of drug-likeness (QED) is 0.427. The Hall–Kier alpha value is -1.57. The number of nitrogens with one attached hydrogen (secondary N) is 3. The molecule has 7 nitrogen and oxygen atoms in total. The van der Waals surface area contributed by atoms with Gasteiger partial charge in [-0.3, -0.25) is 14.4 Å². The van der Waals surface area contributed by atoms with E-state index in [1.54, 1.807) is 11.8 Å². The van der Waals surface area contributed by atoms with Crippen molar-refractivity contribution in [1.29, 1.82) is 0 Å². The molecule has 3 atom stereocenters. The molecule has 0 heterocycles. The van der Waals surface area contributed by atoms with Crippen LogP contribution in [0.25, 0.3) is 0 Å². The lowest BCUT2D eigenvalue weighted by molar-refractivity contribution is -0.134. The number of amides is 3. The van der Waals surface area contributed by atoms with Crippen LogP contribution in [0.4, 0.5) is 0 Å². The average Bonchev–Trinajstić information content (AvgIpc) is 2.68. The van der Waals surface area contributed by atoms with Crippen LogP contribution in [0, 0.1) is 11.3 Å². The van der Waals surface area contributed by atoms with E-state index >= 15 is 0 Å². The summed E-state index contributed by atoms with van der Waals surface area (Å²) in [7, 11) is 0. The number of carbonyl (C=O) groups excluding carboxylic acids is 4. The van der Waals surface area contributed by atoms with Crippen LogP contribution < -0.4 is 16.0 Å². The summed E-state index contributed by atoms with van der Waals surface area (Å²) < 4.78 is 0.